The van der Waals surface area contributed by atoms with Crippen molar-refractivity contribution in [1.82, 2.24) is 0 Å². The second kappa shape index (κ2) is 57.2. The minimum absolute atomic E-state index is 0.0740. The number of hydrogen-bond donors (Lipinski definition) is 0. The van der Waals surface area contributed by atoms with E-state index in [4.69, 9.17) is 14.2 Å². The van der Waals surface area contributed by atoms with Crippen molar-refractivity contribution >= 4 is 11.9 Å². The third-order valence-corrected chi connectivity index (χ3v) is 12.9. The van der Waals surface area contributed by atoms with Crippen LogP contribution in [0.4, 0.5) is 0 Å². The Kier molecular flexibility index (Phi) is 55.3. The Morgan fingerprint density at radius 1 is 0.333 bits per heavy atom. The molecule has 0 aliphatic rings. The summed E-state index contributed by atoms with van der Waals surface area (Å²) in [7, 11) is 0. The van der Waals surface area contributed by atoms with E-state index in [-0.39, 0.29) is 25.2 Å². The van der Waals surface area contributed by atoms with Gasteiger partial charge in [0, 0.05) is 19.4 Å². The van der Waals surface area contributed by atoms with Crippen molar-refractivity contribution in [2.24, 2.45) is 0 Å². The van der Waals surface area contributed by atoms with E-state index >= 15 is 0 Å². The van der Waals surface area contributed by atoms with Gasteiger partial charge in [0.2, 0.25) is 0 Å². The third-order valence-electron chi connectivity index (χ3n) is 12.9. The molecule has 0 unspecified atom stereocenters. The first kappa shape index (κ1) is 63.9. The van der Waals surface area contributed by atoms with E-state index in [1.165, 1.54) is 205 Å². The minimum atomic E-state index is -0.545. The number of rotatable bonds is 54. The van der Waals surface area contributed by atoms with Crippen molar-refractivity contribution in [3.63, 3.8) is 0 Å². The van der Waals surface area contributed by atoms with Gasteiger partial charge in [-0.1, -0.05) is 275 Å². The molecule has 0 fully saturated rings. The lowest BCUT2D eigenvalue weighted by molar-refractivity contribution is -0.163. The number of unbranched alkanes of at least 4 members (excludes halogenated alkanes) is 35. The van der Waals surface area contributed by atoms with Crippen LogP contribution >= 0.6 is 0 Å². The van der Waals surface area contributed by atoms with E-state index in [0.717, 1.165) is 64.2 Å². The molecular weight excluding hydrogens is 813 g/mol. The van der Waals surface area contributed by atoms with E-state index in [0.29, 0.717) is 19.4 Å². The number of carbonyl (C=O) groups excluding carboxylic acids is 2. The molecule has 0 saturated carbocycles. The summed E-state index contributed by atoms with van der Waals surface area (Å²) in [6, 6.07) is 0. The Balaban J connectivity index is 4.29. The van der Waals surface area contributed by atoms with Crippen LogP contribution in [0.25, 0.3) is 0 Å². The van der Waals surface area contributed by atoms with E-state index in [9.17, 15) is 9.59 Å². The summed E-state index contributed by atoms with van der Waals surface area (Å²) in [4.78, 5) is 25.5. The molecule has 386 valence electrons. The molecule has 0 N–H and O–H groups in total. The normalized spacial score (nSPS) is 12.5. The topological polar surface area (TPSA) is 61.8 Å². The molecule has 0 aliphatic heterocycles. The van der Waals surface area contributed by atoms with Gasteiger partial charge in [0.25, 0.3) is 0 Å². The summed E-state index contributed by atoms with van der Waals surface area (Å²) in [6.07, 6.45) is 71.3. The van der Waals surface area contributed by atoms with Crippen LogP contribution in [0.1, 0.15) is 303 Å². The van der Waals surface area contributed by atoms with Crippen LogP contribution in [0.3, 0.4) is 0 Å². The second-order valence-electron chi connectivity index (χ2n) is 19.6. The fraction of sp³-hybridized carbons (Fsp3) is 0.836. The zero-order chi connectivity index (χ0) is 47.7. The first-order valence-electron chi connectivity index (χ1n) is 29.2. The number of hydrogen-bond acceptors (Lipinski definition) is 5. The molecule has 0 saturated heterocycles. The zero-order valence-electron chi connectivity index (χ0n) is 44.5. The molecule has 0 radical (unpaired) electrons. The molecule has 0 aromatic rings. The average Bonchev–Trinajstić information content (AvgIpc) is 3.32. The third kappa shape index (κ3) is 54.5. The van der Waals surface area contributed by atoms with Crippen LogP contribution in [0.2, 0.25) is 0 Å². The van der Waals surface area contributed by atoms with Gasteiger partial charge in [-0.25, -0.2) is 0 Å². The van der Waals surface area contributed by atoms with Gasteiger partial charge in [0.15, 0.2) is 6.10 Å². The summed E-state index contributed by atoms with van der Waals surface area (Å²) >= 11 is 0. The van der Waals surface area contributed by atoms with Crippen LogP contribution in [-0.4, -0.2) is 37.9 Å². The average molecular weight is 926 g/mol. The predicted molar refractivity (Wildman–Crippen MR) is 288 cm³/mol. The summed E-state index contributed by atoms with van der Waals surface area (Å²) in [5, 5.41) is 0. The minimum Gasteiger partial charge on any atom is -0.462 e. The Hall–Kier alpha value is -2.14. The predicted octanol–water partition coefficient (Wildman–Crippen LogP) is 19.9. The van der Waals surface area contributed by atoms with Gasteiger partial charge < -0.3 is 14.2 Å². The van der Waals surface area contributed by atoms with Crippen molar-refractivity contribution in [3.05, 3.63) is 48.6 Å². The summed E-state index contributed by atoms with van der Waals surface area (Å²) in [5.41, 5.74) is 0. The van der Waals surface area contributed by atoms with E-state index in [2.05, 4.69) is 69.4 Å². The lowest BCUT2D eigenvalue weighted by Crippen LogP contribution is -2.30. The smallest absolute Gasteiger partial charge is 0.306 e. The van der Waals surface area contributed by atoms with Gasteiger partial charge in [0.05, 0.1) is 6.61 Å². The summed E-state index contributed by atoms with van der Waals surface area (Å²) in [5.74, 6) is -0.414. The highest BCUT2D eigenvalue weighted by Gasteiger charge is 2.17. The molecule has 0 bridgehead atoms. The van der Waals surface area contributed by atoms with Crippen LogP contribution in [0.15, 0.2) is 48.6 Å². The van der Waals surface area contributed by atoms with Crippen LogP contribution < -0.4 is 0 Å². The molecule has 0 amide bonds. The molecule has 0 aromatic heterocycles. The molecule has 66 heavy (non-hydrogen) atoms. The zero-order valence-corrected chi connectivity index (χ0v) is 44.5. The van der Waals surface area contributed by atoms with Gasteiger partial charge in [-0.3, -0.25) is 9.59 Å². The second-order valence-corrected chi connectivity index (χ2v) is 19.6. The Morgan fingerprint density at radius 3 is 1.05 bits per heavy atom. The molecule has 1 atom stereocenters. The van der Waals surface area contributed by atoms with Crippen molar-refractivity contribution in [1.29, 1.82) is 0 Å². The van der Waals surface area contributed by atoms with Crippen LogP contribution in [0, 0.1) is 0 Å². The van der Waals surface area contributed by atoms with E-state index in [1.807, 2.05) is 0 Å². The van der Waals surface area contributed by atoms with Crippen molar-refractivity contribution in [2.45, 2.75) is 309 Å². The monoisotopic (exact) mass is 925 g/mol. The lowest BCUT2D eigenvalue weighted by Gasteiger charge is -2.18. The van der Waals surface area contributed by atoms with Crippen molar-refractivity contribution < 1.29 is 23.8 Å². The lowest BCUT2D eigenvalue weighted by atomic mass is 10.0. The number of ether oxygens (including phenoxy) is 3. The molecule has 0 aromatic carbocycles. The van der Waals surface area contributed by atoms with E-state index < -0.39 is 6.10 Å². The maximum atomic E-state index is 12.9. The largest absolute Gasteiger partial charge is 0.462 e. The van der Waals surface area contributed by atoms with Gasteiger partial charge in [-0.15, -0.1) is 0 Å². The molecule has 0 aliphatic carbocycles. The standard InChI is InChI=1S/C61H112O5/c1-4-7-10-13-16-19-22-25-28-30-31-32-34-36-39-42-45-48-51-54-60(62)65-58-59(57-64-56-53-50-47-44-41-38-35-29-26-23-20-17-14-11-8-5-2)66-61(63)55-52-49-46-43-40-37-33-27-24-21-18-15-12-9-6-3/h16,19,25,28,31-32,36,39,59H,4-15,17-18,20-24,26-27,29-30,33-35,37-38,40-58H2,1-3H3/b19-16-,28-25-,32-31-,39-36-/t59-/m1/s1. The summed E-state index contributed by atoms with van der Waals surface area (Å²) < 4.78 is 17.5. The fourth-order valence-electron chi connectivity index (χ4n) is 8.50. The molecule has 0 spiro atoms. The van der Waals surface area contributed by atoms with Gasteiger partial charge in [-0.05, 0) is 64.2 Å². The first-order chi connectivity index (χ1) is 32.6. The Morgan fingerprint density at radius 2 is 0.636 bits per heavy atom. The highest BCUT2D eigenvalue weighted by atomic mass is 16.6. The van der Waals surface area contributed by atoms with Crippen molar-refractivity contribution in [2.75, 3.05) is 19.8 Å². The van der Waals surface area contributed by atoms with Gasteiger partial charge in [0.1, 0.15) is 6.61 Å². The molecule has 5 nitrogen and oxygen atoms in total. The maximum Gasteiger partial charge on any atom is 0.306 e. The number of allylic oxidation sites excluding steroid dienone is 8. The molecule has 5 heteroatoms. The maximum absolute atomic E-state index is 12.9. The first-order valence-corrected chi connectivity index (χ1v) is 29.2. The fourth-order valence-corrected chi connectivity index (χ4v) is 8.50. The van der Waals surface area contributed by atoms with Gasteiger partial charge in [-0.2, -0.15) is 0 Å². The SMILES string of the molecule is CCCCC/C=C\C/C=C\C/C=C\C/C=C\CCCCCC(=O)OC[C@@H](COCCCCCCCCCCCCCCCCCC)OC(=O)CCCCCCCCCCCCCCCCC. The quantitative estimate of drug-likeness (QED) is 0.0345. The number of esters is 2. The highest BCUT2D eigenvalue weighted by molar-refractivity contribution is 5.70. The Labute approximate surface area is 412 Å². The molecule has 0 rings (SSSR count). The van der Waals surface area contributed by atoms with E-state index in [1.54, 1.807) is 0 Å². The number of carbonyl (C=O) groups is 2. The highest BCUT2D eigenvalue weighted by Crippen LogP contribution is 2.16. The Bertz CT molecular complexity index is 1090. The van der Waals surface area contributed by atoms with Crippen molar-refractivity contribution in [3.8, 4) is 0 Å². The van der Waals surface area contributed by atoms with Gasteiger partial charge >= 0.3 is 11.9 Å². The van der Waals surface area contributed by atoms with Crippen LogP contribution in [-0.2, 0) is 23.8 Å². The summed E-state index contributed by atoms with van der Waals surface area (Å²) in [6.45, 7) is 7.83. The molecule has 0 heterocycles. The molecular formula is C61H112O5. The van der Waals surface area contributed by atoms with Crippen LogP contribution in [0.5, 0.6) is 0 Å².